The molecule has 0 aromatic rings. The van der Waals surface area contributed by atoms with Crippen LogP contribution >= 0.6 is 0 Å². The van der Waals surface area contributed by atoms with Gasteiger partial charge < -0.3 is 0 Å². The summed E-state index contributed by atoms with van der Waals surface area (Å²) in [5.41, 5.74) is 0. The first-order chi connectivity index (χ1) is 12.3. The van der Waals surface area contributed by atoms with Gasteiger partial charge in [0.1, 0.15) is 0 Å². The first-order valence-corrected chi connectivity index (χ1v) is 13.9. The van der Waals surface area contributed by atoms with E-state index < -0.39 is 0 Å². The summed E-state index contributed by atoms with van der Waals surface area (Å²) in [7, 11) is 0. The predicted octanol–water partition coefficient (Wildman–Crippen LogP) is 9.94. The van der Waals surface area contributed by atoms with E-state index in [1.165, 1.54) is 116 Å². The van der Waals surface area contributed by atoms with E-state index in [0.29, 0.717) is 13.4 Å². The Morgan fingerprint density at radius 2 is 0.560 bits per heavy atom. The SMILES string of the molecule is CCCCCCC[CH2][Ni]([CH2]CCCCCCC)[CH2]CCCCCCC. The minimum absolute atomic E-state index is 0.608. The molecule has 0 aliphatic rings. The molecule has 0 amide bonds. The zero-order chi connectivity index (χ0) is 18.4. The minimum atomic E-state index is 0.608. The van der Waals surface area contributed by atoms with Gasteiger partial charge in [0.15, 0.2) is 0 Å². The van der Waals surface area contributed by atoms with E-state index in [1.54, 1.807) is 16.2 Å². The van der Waals surface area contributed by atoms with Crippen LogP contribution in [0.15, 0.2) is 0 Å². The van der Waals surface area contributed by atoms with Crippen molar-refractivity contribution in [2.75, 3.05) is 0 Å². The van der Waals surface area contributed by atoms with Gasteiger partial charge in [-0.2, -0.15) is 0 Å². The average Bonchev–Trinajstić information content (AvgIpc) is 2.63. The van der Waals surface area contributed by atoms with Crippen LogP contribution in [-0.4, -0.2) is 0 Å². The first kappa shape index (κ1) is 25.5. The molecule has 0 saturated heterocycles. The second kappa shape index (κ2) is 22.5. The number of hydrogen-bond acceptors (Lipinski definition) is 0. The van der Waals surface area contributed by atoms with E-state index in [4.69, 9.17) is 0 Å². The van der Waals surface area contributed by atoms with Crippen LogP contribution in [0, 0.1) is 0 Å². The van der Waals surface area contributed by atoms with Gasteiger partial charge in [-0.3, -0.25) is 0 Å². The Morgan fingerprint density at radius 1 is 0.320 bits per heavy atom. The van der Waals surface area contributed by atoms with Gasteiger partial charge in [-0.05, 0) is 0 Å². The van der Waals surface area contributed by atoms with Crippen molar-refractivity contribution in [2.45, 2.75) is 153 Å². The summed E-state index contributed by atoms with van der Waals surface area (Å²) in [6.07, 6.45) is 26.4. The Kier molecular flexibility index (Phi) is 23.0. The van der Waals surface area contributed by atoms with Gasteiger partial charge >= 0.3 is 166 Å². The number of unbranched alkanes of at least 4 members (excludes halogenated alkanes) is 15. The van der Waals surface area contributed by atoms with Crippen LogP contribution in [0.1, 0.15) is 136 Å². The van der Waals surface area contributed by atoms with Crippen molar-refractivity contribution in [1.29, 1.82) is 0 Å². The molecule has 0 rings (SSSR count). The standard InChI is InChI=1S/3C8H17.Ni/c3*1-3-5-7-8-6-4-2;/h3*1,3-8H2,2H3;. The van der Waals surface area contributed by atoms with Crippen LogP contribution in [0.2, 0.25) is 16.2 Å². The van der Waals surface area contributed by atoms with Crippen molar-refractivity contribution in [1.82, 2.24) is 0 Å². The Balaban J connectivity index is 3.76. The molecule has 0 unspecified atom stereocenters. The summed E-state index contributed by atoms with van der Waals surface area (Å²) in [5.74, 6) is 0. The van der Waals surface area contributed by atoms with E-state index in [9.17, 15) is 0 Å². The molecule has 0 radical (unpaired) electrons. The molecule has 25 heavy (non-hydrogen) atoms. The fourth-order valence-electron chi connectivity index (χ4n) is 3.29. The van der Waals surface area contributed by atoms with Gasteiger partial charge in [-0.1, -0.05) is 0 Å². The molecule has 0 nitrogen and oxygen atoms in total. The van der Waals surface area contributed by atoms with E-state index in [2.05, 4.69) is 20.8 Å². The Hall–Kier alpha value is 0.494. The molecule has 157 valence electrons. The molecule has 0 atom stereocenters. The quantitative estimate of drug-likeness (QED) is 0.133. The number of hydrogen-bond donors (Lipinski definition) is 0. The van der Waals surface area contributed by atoms with Crippen LogP contribution in [0.5, 0.6) is 0 Å². The second-order valence-electron chi connectivity index (χ2n) is 7.75. The van der Waals surface area contributed by atoms with Gasteiger partial charge in [0, 0.05) is 0 Å². The van der Waals surface area contributed by atoms with Crippen LogP contribution in [0.4, 0.5) is 0 Å². The Labute approximate surface area is 166 Å². The molecule has 0 spiro atoms. The van der Waals surface area contributed by atoms with Crippen molar-refractivity contribution in [3.8, 4) is 0 Å². The zero-order valence-electron chi connectivity index (χ0n) is 18.2. The summed E-state index contributed by atoms with van der Waals surface area (Å²) >= 11 is 0.608. The summed E-state index contributed by atoms with van der Waals surface area (Å²) in [4.78, 5) is 0. The fraction of sp³-hybridized carbons (Fsp3) is 1.00. The molecule has 0 aliphatic carbocycles. The van der Waals surface area contributed by atoms with Crippen molar-refractivity contribution in [3.05, 3.63) is 0 Å². The molecular formula is C24H51Ni. The molecule has 0 bridgehead atoms. The van der Waals surface area contributed by atoms with Gasteiger partial charge in [0.25, 0.3) is 0 Å². The molecule has 0 fully saturated rings. The fourth-order valence-corrected chi connectivity index (χ4v) is 6.25. The van der Waals surface area contributed by atoms with Crippen molar-refractivity contribution >= 4 is 0 Å². The van der Waals surface area contributed by atoms with E-state index >= 15 is 0 Å². The molecule has 0 aliphatic heterocycles. The monoisotopic (exact) mass is 397 g/mol. The van der Waals surface area contributed by atoms with Crippen molar-refractivity contribution < 1.29 is 13.4 Å². The van der Waals surface area contributed by atoms with Crippen molar-refractivity contribution in [3.63, 3.8) is 0 Å². The van der Waals surface area contributed by atoms with Crippen molar-refractivity contribution in [2.24, 2.45) is 0 Å². The summed E-state index contributed by atoms with van der Waals surface area (Å²) in [6.45, 7) is 6.96. The third-order valence-electron chi connectivity index (χ3n) is 5.07. The first-order valence-electron chi connectivity index (χ1n) is 11.8. The van der Waals surface area contributed by atoms with Crippen LogP contribution < -0.4 is 0 Å². The second-order valence-corrected chi connectivity index (χ2v) is 10.7. The Bertz CT molecular complexity index is 188. The van der Waals surface area contributed by atoms with E-state index in [-0.39, 0.29) is 0 Å². The van der Waals surface area contributed by atoms with Crippen LogP contribution in [0.3, 0.4) is 0 Å². The Morgan fingerprint density at radius 3 is 0.840 bits per heavy atom. The van der Waals surface area contributed by atoms with Crippen LogP contribution in [0.25, 0.3) is 0 Å². The third kappa shape index (κ3) is 20.7. The molecule has 0 saturated carbocycles. The molecule has 0 aromatic carbocycles. The molecule has 0 N–H and O–H groups in total. The summed E-state index contributed by atoms with van der Waals surface area (Å²) < 4.78 is 0. The van der Waals surface area contributed by atoms with Crippen LogP contribution in [-0.2, 0) is 13.4 Å². The summed E-state index contributed by atoms with van der Waals surface area (Å²) in [6, 6.07) is 0. The van der Waals surface area contributed by atoms with Gasteiger partial charge in [0.05, 0.1) is 0 Å². The van der Waals surface area contributed by atoms with Gasteiger partial charge in [0.2, 0.25) is 0 Å². The van der Waals surface area contributed by atoms with E-state index in [0.717, 1.165) is 0 Å². The van der Waals surface area contributed by atoms with Gasteiger partial charge in [-0.25, -0.2) is 0 Å². The normalized spacial score (nSPS) is 11.9. The predicted molar refractivity (Wildman–Crippen MR) is 115 cm³/mol. The maximum atomic E-state index is 2.32. The molecule has 0 aromatic heterocycles. The number of rotatable bonds is 21. The van der Waals surface area contributed by atoms with E-state index in [1.807, 2.05) is 0 Å². The molecule has 0 heterocycles. The summed E-state index contributed by atoms with van der Waals surface area (Å²) in [5, 5.41) is 4.70. The molecule has 1 heteroatoms. The van der Waals surface area contributed by atoms with Gasteiger partial charge in [-0.15, -0.1) is 0 Å². The maximum absolute atomic E-state index is 2.32. The third-order valence-corrected chi connectivity index (χ3v) is 8.21. The topological polar surface area (TPSA) is 0 Å². The average molecular weight is 398 g/mol. The zero-order valence-corrected chi connectivity index (χ0v) is 19.2. The molecular weight excluding hydrogens is 347 g/mol.